The van der Waals surface area contributed by atoms with E-state index in [1.165, 1.54) is 0 Å². The maximum Gasteiger partial charge on any atom is 0.322 e. The van der Waals surface area contributed by atoms with Gasteiger partial charge in [0.1, 0.15) is 18.4 Å². The molecule has 3 heterocycles. The van der Waals surface area contributed by atoms with Crippen LogP contribution in [0, 0.1) is 17.2 Å². The molecule has 8 nitrogen and oxygen atoms in total. The SMILES string of the molecule is CC1CCN(C(=O)CC#N)CC1N(C)C1=C2C=CNC2NC(=O)N1. The molecule has 0 aliphatic carbocycles. The molecule has 3 atom stereocenters. The van der Waals surface area contributed by atoms with Crippen LogP contribution in [0.5, 0.6) is 0 Å². The van der Waals surface area contributed by atoms with Crippen LogP contribution in [-0.4, -0.2) is 54.1 Å². The number of hydrogen-bond donors (Lipinski definition) is 3. The second kappa shape index (κ2) is 6.43. The summed E-state index contributed by atoms with van der Waals surface area (Å²) in [7, 11) is 1.94. The van der Waals surface area contributed by atoms with Gasteiger partial charge < -0.3 is 20.4 Å². The zero-order chi connectivity index (χ0) is 17.3. The minimum atomic E-state index is -0.248. The highest BCUT2D eigenvalue weighted by Crippen LogP contribution is 2.27. The zero-order valence-electron chi connectivity index (χ0n) is 13.9. The van der Waals surface area contributed by atoms with Crippen molar-refractivity contribution in [2.24, 2.45) is 5.92 Å². The first-order valence-electron chi connectivity index (χ1n) is 8.13. The van der Waals surface area contributed by atoms with Crippen LogP contribution in [0.15, 0.2) is 23.7 Å². The molecule has 8 heteroatoms. The monoisotopic (exact) mass is 330 g/mol. The van der Waals surface area contributed by atoms with Crippen LogP contribution in [0.3, 0.4) is 0 Å². The first-order chi connectivity index (χ1) is 11.5. The van der Waals surface area contributed by atoms with Gasteiger partial charge in [-0.3, -0.25) is 10.1 Å². The molecule has 0 saturated carbocycles. The number of nitrogens with one attached hydrogen (secondary N) is 3. The predicted molar refractivity (Wildman–Crippen MR) is 86.9 cm³/mol. The molecule has 0 aromatic carbocycles. The van der Waals surface area contributed by atoms with Crippen molar-refractivity contribution in [2.75, 3.05) is 20.1 Å². The number of amides is 3. The molecule has 24 heavy (non-hydrogen) atoms. The Labute approximate surface area is 141 Å². The van der Waals surface area contributed by atoms with Gasteiger partial charge >= 0.3 is 6.03 Å². The van der Waals surface area contributed by atoms with Crippen molar-refractivity contribution in [3.8, 4) is 6.07 Å². The number of carbonyl (C=O) groups is 2. The molecule has 3 aliphatic rings. The number of nitriles is 1. The summed E-state index contributed by atoms with van der Waals surface area (Å²) in [6.45, 7) is 3.39. The zero-order valence-corrected chi connectivity index (χ0v) is 13.9. The lowest BCUT2D eigenvalue weighted by Gasteiger charge is -2.44. The Morgan fingerprint density at radius 3 is 3.08 bits per heavy atom. The standard InChI is InChI=1S/C16H22N6O2/c1-10-5-8-22(13(23)3-6-17)9-12(10)21(2)15-11-4-7-18-14(11)19-16(24)20-15/h4,7,10,12,14,18H,3,5,8-9H2,1-2H3,(H2,19,20,24). The van der Waals surface area contributed by atoms with E-state index in [2.05, 4.69) is 27.8 Å². The third-order valence-corrected chi connectivity index (χ3v) is 4.97. The molecular weight excluding hydrogens is 308 g/mol. The van der Waals surface area contributed by atoms with Crippen molar-refractivity contribution in [2.45, 2.75) is 32.0 Å². The van der Waals surface area contributed by atoms with Crippen molar-refractivity contribution in [3.05, 3.63) is 23.7 Å². The second-order valence-corrected chi connectivity index (χ2v) is 6.45. The lowest BCUT2D eigenvalue weighted by Crippen LogP contribution is -2.58. The van der Waals surface area contributed by atoms with E-state index >= 15 is 0 Å². The summed E-state index contributed by atoms with van der Waals surface area (Å²) < 4.78 is 0. The number of nitrogens with zero attached hydrogens (tertiary/aromatic N) is 3. The van der Waals surface area contributed by atoms with Gasteiger partial charge in [0, 0.05) is 25.7 Å². The van der Waals surface area contributed by atoms with Crippen molar-refractivity contribution in [1.29, 1.82) is 5.26 Å². The lowest BCUT2D eigenvalue weighted by molar-refractivity contribution is -0.132. The fourth-order valence-electron chi connectivity index (χ4n) is 3.52. The summed E-state index contributed by atoms with van der Waals surface area (Å²) in [6, 6.07) is 1.76. The number of hydrogen-bond acceptors (Lipinski definition) is 5. The minimum absolute atomic E-state index is 0.0805. The molecule has 128 valence electrons. The third-order valence-electron chi connectivity index (χ3n) is 4.97. The largest absolute Gasteiger partial charge is 0.367 e. The van der Waals surface area contributed by atoms with Gasteiger partial charge in [0.2, 0.25) is 5.91 Å². The molecule has 3 N–H and O–H groups in total. The first kappa shape index (κ1) is 16.2. The van der Waals surface area contributed by atoms with Crippen LogP contribution >= 0.6 is 0 Å². The first-order valence-corrected chi connectivity index (χ1v) is 8.13. The summed E-state index contributed by atoms with van der Waals surface area (Å²) >= 11 is 0. The quantitative estimate of drug-likeness (QED) is 0.678. The second-order valence-electron chi connectivity index (χ2n) is 6.45. The summed E-state index contributed by atoms with van der Waals surface area (Å²) in [5.74, 6) is 1.00. The molecular formula is C16H22N6O2. The van der Waals surface area contributed by atoms with E-state index in [0.29, 0.717) is 19.0 Å². The number of likely N-dealkylation sites (N-methyl/N-ethyl adjacent to an activating group) is 1. The van der Waals surface area contributed by atoms with Crippen molar-refractivity contribution in [3.63, 3.8) is 0 Å². The smallest absolute Gasteiger partial charge is 0.322 e. The predicted octanol–water partition coefficient (Wildman–Crippen LogP) is 0.0363. The topological polar surface area (TPSA) is 100 Å². The normalized spacial score (nSPS) is 28.5. The highest BCUT2D eigenvalue weighted by atomic mass is 16.2. The average molecular weight is 330 g/mol. The van der Waals surface area contributed by atoms with Gasteiger partial charge in [-0.05, 0) is 24.6 Å². The van der Waals surface area contributed by atoms with Gasteiger partial charge in [0.15, 0.2) is 0 Å². The van der Waals surface area contributed by atoms with Crippen LogP contribution < -0.4 is 16.0 Å². The highest BCUT2D eigenvalue weighted by Gasteiger charge is 2.36. The van der Waals surface area contributed by atoms with E-state index in [0.717, 1.165) is 17.8 Å². The van der Waals surface area contributed by atoms with Gasteiger partial charge in [-0.1, -0.05) is 6.92 Å². The maximum absolute atomic E-state index is 12.1. The van der Waals surface area contributed by atoms with E-state index in [-0.39, 0.29) is 30.6 Å². The molecule has 3 unspecified atom stereocenters. The number of rotatable bonds is 3. The Hall–Kier alpha value is -2.69. The maximum atomic E-state index is 12.1. The summed E-state index contributed by atoms with van der Waals surface area (Å²) in [4.78, 5) is 27.7. The molecule has 1 fully saturated rings. The van der Waals surface area contributed by atoms with Crippen molar-refractivity contribution < 1.29 is 9.59 Å². The van der Waals surface area contributed by atoms with Gasteiger partial charge in [0.05, 0.1) is 12.1 Å². The number of fused-ring (bicyclic) bond motifs is 1. The van der Waals surface area contributed by atoms with Crippen LogP contribution in [0.1, 0.15) is 19.8 Å². The van der Waals surface area contributed by atoms with Crippen molar-refractivity contribution >= 4 is 11.9 Å². The molecule has 3 amide bonds. The molecule has 0 spiro atoms. The summed E-state index contributed by atoms with van der Waals surface area (Å²) in [5.41, 5.74) is 0.977. The molecule has 3 rings (SSSR count). The summed E-state index contributed by atoms with van der Waals surface area (Å²) in [5, 5.41) is 17.5. The van der Waals surface area contributed by atoms with E-state index < -0.39 is 0 Å². The van der Waals surface area contributed by atoms with Gasteiger partial charge in [-0.2, -0.15) is 5.26 Å². The molecule has 1 saturated heterocycles. The molecule has 3 aliphatic heterocycles. The highest BCUT2D eigenvalue weighted by molar-refractivity contribution is 5.79. The Morgan fingerprint density at radius 1 is 1.54 bits per heavy atom. The fourth-order valence-corrected chi connectivity index (χ4v) is 3.52. The Balaban J connectivity index is 1.81. The van der Waals surface area contributed by atoms with Gasteiger partial charge in [0.25, 0.3) is 0 Å². The van der Waals surface area contributed by atoms with E-state index in [9.17, 15) is 9.59 Å². The Morgan fingerprint density at radius 2 is 2.33 bits per heavy atom. The lowest BCUT2D eigenvalue weighted by atomic mass is 9.91. The van der Waals surface area contributed by atoms with E-state index in [1.807, 2.05) is 25.4 Å². The molecule has 0 aromatic heterocycles. The summed E-state index contributed by atoms with van der Waals surface area (Å²) in [6.07, 6.45) is 4.32. The Kier molecular flexibility index (Phi) is 4.34. The average Bonchev–Trinajstić information content (AvgIpc) is 3.02. The van der Waals surface area contributed by atoms with E-state index in [1.54, 1.807) is 4.90 Å². The Bertz CT molecular complexity index is 649. The minimum Gasteiger partial charge on any atom is -0.367 e. The molecule has 0 radical (unpaired) electrons. The third kappa shape index (κ3) is 2.89. The number of likely N-dealkylation sites (tertiary alicyclic amines) is 1. The number of urea groups is 1. The van der Waals surface area contributed by atoms with Crippen LogP contribution in [-0.2, 0) is 4.79 Å². The van der Waals surface area contributed by atoms with Crippen LogP contribution in [0.4, 0.5) is 4.79 Å². The van der Waals surface area contributed by atoms with Crippen LogP contribution in [0.2, 0.25) is 0 Å². The van der Waals surface area contributed by atoms with Gasteiger partial charge in [-0.15, -0.1) is 0 Å². The van der Waals surface area contributed by atoms with Crippen molar-refractivity contribution in [1.82, 2.24) is 25.8 Å². The number of piperidine rings is 1. The molecule has 0 aromatic rings. The van der Waals surface area contributed by atoms with Gasteiger partial charge in [-0.25, -0.2) is 4.79 Å². The van der Waals surface area contributed by atoms with E-state index in [4.69, 9.17) is 5.26 Å². The number of carbonyl (C=O) groups excluding carboxylic acids is 2. The fraction of sp³-hybridized carbons (Fsp3) is 0.562. The van der Waals surface area contributed by atoms with Crippen LogP contribution in [0.25, 0.3) is 0 Å². The molecule has 0 bridgehead atoms.